The van der Waals surface area contributed by atoms with Gasteiger partial charge >= 0.3 is 0 Å². The maximum absolute atomic E-state index is 5.65. The molecular formula is C16H20BrN3O2. The van der Waals surface area contributed by atoms with Crippen LogP contribution >= 0.6 is 15.9 Å². The lowest BCUT2D eigenvalue weighted by Crippen LogP contribution is -2.26. The summed E-state index contributed by atoms with van der Waals surface area (Å²) >= 11 is 3.58. The van der Waals surface area contributed by atoms with Crippen molar-refractivity contribution in [3.05, 3.63) is 27.9 Å². The Bertz CT molecular complexity index is 684. The van der Waals surface area contributed by atoms with Crippen molar-refractivity contribution in [2.24, 2.45) is 0 Å². The lowest BCUT2D eigenvalue weighted by atomic mass is 10.0. The summed E-state index contributed by atoms with van der Waals surface area (Å²) in [6.07, 6.45) is 1.01. The molecule has 118 valence electrons. The summed E-state index contributed by atoms with van der Waals surface area (Å²) < 4.78 is 12.0. The van der Waals surface area contributed by atoms with E-state index in [-0.39, 0.29) is 0 Å². The Balaban J connectivity index is 2.06. The van der Waals surface area contributed by atoms with Gasteiger partial charge in [-0.2, -0.15) is 5.10 Å². The number of nitrogens with one attached hydrogen (secondary N) is 1. The van der Waals surface area contributed by atoms with Gasteiger partial charge in [0, 0.05) is 36.3 Å². The summed E-state index contributed by atoms with van der Waals surface area (Å²) in [6.45, 7) is 4.52. The predicted molar refractivity (Wildman–Crippen MR) is 89.5 cm³/mol. The Kier molecular flexibility index (Phi) is 4.40. The zero-order valence-electron chi connectivity index (χ0n) is 13.1. The second-order valence-corrected chi connectivity index (χ2v) is 6.29. The normalized spacial score (nSPS) is 14.7. The molecule has 0 spiro atoms. The number of hydrogen-bond acceptors (Lipinski definition) is 4. The van der Waals surface area contributed by atoms with Crippen LogP contribution in [0.15, 0.2) is 16.6 Å². The molecule has 1 aliphatic rings. The van der Waals surface area contributed by atoms with Gasteiger partial charge in [0.25, 0.3) is 0 Å². The number of ether oxygens (including phenoxy) is 2. The van der Waals surface area contributed by atoms with Gasteiger partial charge in [0.05, 0.1) is 23.9 Å². The summed E-state index contributed by atoms with van der Waals surface area (Å²) in [5.74, 6) is 1.45. The Morgan fingerprint density at radius 1 is 1.41 bits per heavy atom. The van der Waals surface area contributed by atoms with E-state index in [9.17, 15) is 0 Å². The van der Waals surface area contributed by atoms with E-state index in [1.807, 2.05) is 19.1 Å². The van der Waals surface area contributed by atoms with Crippen LogP contribution in [0, 0.1) is 0 Å². The highest BCUT2D eigenvalue weighted by molar-refractivity contribution is 9.10. The lowest BCUT2D eigenvalue weighted by molar-refractivity contribution is 0.309. The topological polar surface area (TPSA) is 50.4 Å². The molecule has 0 atom stereocenters. The van der Waals surface area contributed by atoms with Gasteiger partial charge in [0.15, 0.2) is 11.5 Å². The molecule has 2 heterocycles. The summed E-state index contributed by atoms with van der Waals surface area (Å²) in [7, 11) is 3.79. The number of methoxy groups -OCH3 is 1. The predicted octanol–water partition coefficient (Wildman–Crippen LogP) is 3.23. The molecule has 0 fully saturated rings. The average Bonchev–Trinajstić information content (AvgIpc) is 2.92. The third-order valence-corrected chi connectivity index (χ3v) is 4.50. The number of aromatic nitrogens is 2. The first-order valence-electron chi connectivity index (χ1n) is 7.39. The van der Waals surface area contributed by atoms with Gasteiger partial charge in [-0.25, -0.2) is 0 Å². The van der Waals surface area contributed by atoms with E-state index >= 15 is 0 Å². The van der Waals surface area contributed by atoms with Crippen molar-refractivity contribution in [2.75, 3.05) is 27.3 Å². The first-order valence-corrected chi connectivity index (χ1v) is 8.18. The maximum Gasteiger partial charge on any atom is 0.175 e. The highest BCUT2D eigenvalue weighted by Gasteiger charge is 2.22. The first kappa shape index (κ1) is 15.4. The van der Waals surface area contributed by atoms with Gasteiger partial charge in [0.1, 0.15) is 0 Å². The van der Waals surface area contributed by atoms with Crippen molar-refractivity contribution in [2.45, 2.75) is 19.9 Å². The molecule has 0 aliphatic carbocycles. The van der Waals surface area contributed by atoms with Gasteiger partial charge in [-0.05, 0) is 42.0 Å². The Morgan fingerprint density at radius 3 is 2.95 bits per heavy atom. The summed E-state index contributed by atoms with van der Waals surface area (Å²) in [6, 6.07) is 4.03. The van der Waals surface area contributed by atoms with Crippen LogP contribution in [0.4, 0.5) is 0 Å². The van der Waals surface area contributed by atoms with Crippen molar-refractivity contribution in [3.63, 3.8) is 0 Å². The molecule has 0 saturated heterocycles. The number of fused-ring (bicyclic) bond motifs is 1. The third-order valence-electron chi connectivity index (χ3n) is 3.92. The number of nitrogens with zero attached hydrogens (tertiary/aromatic N) is 2. The van der Waals surface area contributed by atoms with Gasteiger partial charge in [-0.3, -0.25) is 5.10 Å². The van der Waals surface area contributed by atoms with E-state index in [1.165, 1.54) is 11.3 Å². The van der Waals surface area contributed by atoms with Crippen LogP contribution in [0.2, 0.25) is 0 Å². The summed E-state index contributed by atoms with van der Waals surface area (Å²) in [5.41, 5.74) is 4.52. The number of rotatable bonds is 4. The number of aromatic amines is 1. The molecule has 2 aromatic rings. The number of benzene rings is 1. The molecule has 1 aromatic heterocycles. The first-order chi connectivity index (χ1) is 10.6. The van der Waals surface area contributed by atoms with Crippen LogP contribution in [0.25, 0.3) is 11.3 Å². The summed E-state index contributed by atoms with van der Waals surface area (Å²) in [4.78, 5) is 2.31. The van der Waals surface area contributed by atoms with Crippen molar-refractivity contribution >= 4 is 15.9 Å². The summed E-state index contributed by atoms with van der Waals surface area (Å²) in [5, 5.41) is 7.70. The smallest absolute Gasteiger partial charge is 0.175 e. The number of hydrogen-bond donors (Lipinski definition) is 1. The van der Waals surface area contributed by atoms with Crippen LogP contribution in [0.3, 0.4) is 0 Å². The fourth-order valence-corrected chi connectivity index (χ4v) is 3.37. The largest absolute Gasteiger partial charge is 0.493 e. The van der Waals surface area contributed by atoms with E-state index in [2.05, 4.69) is 38.1 Å². The van der Waals surface area contributed by atoms with Crippen LogP contribution in [0.1, 0.15) is 18.2 Å². The van der Waals surface area contributed by atoms with Crippen molar-refractivity contribution < 1.29 is 9.47 Å². The Morgan fingerprint density at radius 2 is 2.23 bits per heavy atom. The molecule has 0 unspecified atom stereocenters. The molecule has 22 heavy (non-hydrogen) atoms. The molecule has 0 amide bonds. The third kappa shape index (κ3) is 2.73. The molecule has 3 rings (SSSR count). The molecule has 1 aromatic carbocycles. The van der Waals surface area contributed by atoms with Gasteiger partial charge in [0.2, 0.25) is 0 Å². The van der Waals surface area contributed by atoms with E-state index in [0.717, 1.165) is 41.0 Å². The molecule has 0 bridgehead atoms. The number of H-pyrrole nitrogens is 1. The minimum atomic E-state index is 0.594. The molecule has 6 heteroatoms. The Labute approximate surface area is 138 Å². The standard InChI is InChI=1S/C16H20BrN3O2/c1-4-22-16-12(17)7-10(8-14(16)21-3)15-11-9-20(2)6-5-13(11)18-19-15/h7-8H,4-6,9H2,1-3H3,(H,18,19). The average molecular weight is 366 g/mol. The molecule has 0 saturated carbocycles. The quantitative estimate of drug-likeness (QED) is 0.903. The fourth-order valence-electron chi connectivity index (χ4n) is 2.81. The SMILES string of the molecule is CCOc1c(Br)cc(-c2n[nH]c3c2CN(C)CC3)cc1OC. The van der Waals surface area contributed by atoms with E-state index in [1.54, 1.807) is 7.11 Å². The second kappa shape index (κ2) is 6.30. The maximum atomic E-state index is 5.65. The molecule has 1 aliphatic heterocycles. The lowest BCUT2D eigenvalue weighted by Gasteiger charge is -2.22. The molecule has 0 radical (unpaired) electrons. The number of halogens is 1. The van der Waals surface area contributed by atoms with Crippen molar-refractivity contribution in [1.82, 2.24) is 15.1 Å². The number of likely N-dealkylation sites (N-methyl/N-ethyl adjacent to an activating group) is 1. The monoisotopic (exact) mass is 365 g/mol. The molecule has 5 nitrogen and oxygen atoms in total. The minimum Gasteiger partial charge on any atom is -0.493 e. The highest BCUT2D eigenvalue weighted by Crippen LogP contribution is 2.40. The van der Waals surface area contributed by atoms with Gasteiger partial charge in [-0.1, -0.05) is 0 Å². The van der Waals surface area contributed by atoms with Crippen molar-refractivity contribution in [1.29, 1.82) is 0 Å². The van der Waals surface area contributed by atoms with Gasteiger partial charge in [-0.15, -0.1) is 0 Å². The zero-order valence-corrected chi connectivity index (χ0v) is 14.7. The second-order valence-electron chi connectivity index (χ2n) is 5.44. The molecular weight excluding hydrogens is 346 g/mol. The molecule has 1 N–H and O–H groups in total. The van der Waals surface area contributed by atoms with Crippen LogP contribution in [-0.4, -0.2) is 42.4 Å². The van der Waals surface area contributed by atoms with Crippen LogP contribution < -0.4 is 9.47 Å². The Hall–Kier alpha value is -1.53. The van der Waals surface area contributed by atoms with Crippen molar-refractivity contribution in [3.8, 4) is 22.8 Å². The van der Waals surface area contributed by atoms with E-state index in [4.69, 9.17) is 9.47 Å². The van der Waals surface area contributed by atoms with Crippen LogP contribution in [-0.2, 0) is 13.0 Å². The zero-order chi connectivity index (χ0) is 15.7. The fraction of sp³-hybridized carbons (Fsp3) is 0.438. The minimum absolute atomic E-state index is 0.594. The van der Waals surface area contributed by atoms with E-state index in [0.29, 0.717) is 12.4 Å². The van der Waals surface area contributed by atoms with Gasteiger partial charge < -0.3 is 14.4 Å². The highest BCUT2D eigenvalue weighted by atomic mass is 79.9. The van der Waals surface area contributed by atoms with Crippen LogP contribution in [0.5, 0.6) is 11.5 Å². The van der Waals surface area contributed by atoms with E-state index < -0.39 is 0 Å².